The molecule has 1 rings (SSSR count). The molecule has 0 amide bonds. The Bertz CT molecular complexity index is 233. The van der Waals surface area contributed by atoms with E-state index < -0.39 is 0 Å². The van der Waals surface area contributed by atoms with E-state index >= 15 is 0 Å². The molecule has 0 saturated carbocycles. The van der Waals surface area contributed by atoms with Crippen LogP contribution in [0.3, 0.4) is 0 Å². The van der Waals surface area contributed by atoms with Gasteiger partial charge in [-0.2, -0.15) is 5.10 Å². The molecule has 0 aliphatic heterocycles. The van der Waals surface area contributed by atoms with Gasteiger partial charge in [-0.15, -0.1) is 0 Å². The van der Waals surface area contributed by atoms with Crippen LogP contribution in [0.1, 0.15) is 19.8 Å². The van der Waals surface area contributed by atoms with E-state index in [4.69, 9.17) is 5.73 Å². The fourth-order valence-corrected chi connectivity index (χ4v) is 1.64. The molecule has 0 unspecified atom stereocenters. The van der Waals surface area contributed by atoms with Gasteiger partial charge in [-0.3, -0.25) is 4.68 Å². The molecule has 0 atom stereocenters. The summed E-state index contributed by atoms with van der Waals surface area (Å²) in [5, 5.41) is 4.19. The van der Waals surface area contributed by atoms with Gasteiger partial charge in [-0.1, -0.05) is 6.92 Å². The maximum absolute atomic E-state index is 5.52. The van der Waals surface area contributed by atoms with Crippen molar-refractivity contribution in [3.05, 3.63) is 18.5 Å². The van der Waals surface area contributed by atoms with Crippen LogP contribution in [-0.4, -0.2) is 40.9 Å². The van der Waals surface area contributed by atoms with Gasteiger partial charge < -0.3 is 10.6 Å². The van der Waals surface area contributed by atoms with E-state index in [0.717, 1.165) is 39.1 Å². The predicted molar refractivity (Wildman–Crippen MR) is 62.6 cm³/mol. The summed E-state index contributed by atoms with van der Waals surface area (Å²) in [5.74, 6) is 0. The van der Waals surface area contributed by atoms with E-state index in [9.17, 15) is 0 Å². The van der Waals surface area contributed by atoms with Gasteiger partial charge in [-0.25, -0.2) is 0 Å². The van der Waals surface area contributed by atoms with Crippen LogP contribution in [0.2, 0.25) is 0 Å². The fourth-order valence-electron chi connectivity index (χ4n) is 1.64. The SMILES string of the molecule is CCCN(CCCN)CCn1cccn1. The summed E-state index contributed by atoms with van der Waals surface area (Å²) in [7, 11) is 0. The van der Waals surface area contributed by atoms with Crippen LogP contribution in [0.15, 0.2) is 18.5 Å². The minimum absolute atomic E-state index is 0.780. The zero-order valence-corrected chi connectivity index (χ0v) is 9.60. The predicted octanol–water partition coefficient (Wildman–Crippen LogP) is 0.944. The van der Waals surface area contributed by atoms with Gasteiger partial charge in [0.15, 0.2) is 0 Å². The highest BCUT2D eigenvalue weighted by Crippen LogP contribution is 1.95. The third kappa shape index (κ3) is 4.95. The molecule has 1 aromatic rings. The maximum Gasteiger partial charge on any atom is 0.0536 e. The van der Waals surface area contributed by atoms with Crippen molar-refractivity contribution >= 4 is 0 Å². The van der Waals surface area contributed by atoms with Gasteiger partial charge in [0.2, 0.25) is 0 Å². The largest absolute Gasteiger partial charge is 0.330 e. The third-order valence-corrected chi connectivity index (χ3v) is 2.42. The minimum Gasteiger partial charge on any atom is -0.330 e. The van der Waals surface area contributed by atoms with Crippen LogP contribution in [0.5, 0.6) is 0 Å². The second-order valence-electron chi connectivity index (χ2n) is 3.75. The molecule has 1 aromatic heterocycles. The summed E-state index contributed by atoms with van der Waals surface area (Å²) in [6, 6.07) is 1.96. The lowest BCUT2D eigenvalue weighted by molar-refractivity contribution is 0.257. The van der Waals surface area contributed by atoms with E-state index in [1.54, 1.807) is 0 Å². The molecule has 4 nitrogen and oxygen atoms in total. The van der Waals surface area contributed by atoms with Crippen molar-refractivity contribution in [3.63, 3.8) is 0 Å². The lowest BCUT2D eigenvalue weighted by atomic mass is 10.3. The molecule has 0 radical (unpaired) electrons. The molecule has 0 bridgehead atoms. The van der Waals surface area contributed by atoms with Crippen LogP contribution in [0, 0.1) is 0 Å². The van der Waals surface area contributed by atoms with E-state index in [1.165, 1.54) is 6.42 Å². The molecular formula is C11H22N4. The van der Waals surface area contributed by atoms with E-state index in [1.807, 2.05) is 23.1 Å². The number of rotatable bonds is 8. The molecule has 86 valence electrons. The minimum atomic E-state index is 0.780. The first-order valence-electron chi connectivity index (χ1n) is 5.76. The first-order chi connectivity index (χ1) is 7.36. The zero-order valence-electron chi connectivity index (χ0n) is 9.60. The Morgan fingerprint density at radius 3 is 2.80 bits per heavy atom. The summed E-state index contributed by atoms with van der Waals surface area (Å²) in [6.45, 7) is 7.28. The summed E-state index contributed by atoms with van der Waals surface area (Å²) < 4.78 is 1.98. The summed E-state index contributed by atoms with van der Waals surface area (Å²) in [6.07, 6.45) is 6.11. The Kier molecular flexibility index (Phi) is 6.04. The van der Waals surface area contributed by atoms with Crippen molar-refractivity contribution in [2.45, 2.75) is 26.3 Å². The highest BCUT2D eigenvalue weighted by molar-refractivity contribution is 4.77. The molecule has 2 N–H and O–H groups in total. The highest BCUT2D eigenvalue weighted by atomic mass is 15.3. The average Bonchev–Trinajstić information content (AvgIpc) is 2.75. The second kappa shape index (κ2) is 7.43. The van der Waals surface area contributed by atoms with Gasteiger partial charge >= 0.3 is 0 Å². The normalized spacial score (nSPS) is 11.1. The van der Waals surface area contributed by atoms with Crippen LogP contribution in [-0.2, 0) is 6.54 Å². The van der Waals surface area contributed by atoms with Crippen molar-refractivity contribution in [2.75, 3.05) is 26.2 Å². The lowest BCUT2D eigenvalue weighted by Gasteiger charge is -2.21. The average molecular weight is 210 g/mol. The van der Waals surface area contributed by atoms with E-state index in [2.05, 4.69) is 16.9 Å². The molecule has 0 aromatic carbocycles. The zero-order chi connectivity index (χ0) is 10.9. The van der Waals surface area contributed by atoms with E-state index in [-0.39, 0.29) is 0 Å². The molecule has 4 heteroatoms. The summed E-state index contributed by atoms with van der Waals surface area (Å²) in [5.41, 5.74) is 5.52. The summed E-state index contributed by atoms with van der Waals surface area (Å²) >= 11 is 0. The Morgan fingerprint density at radius 2 is 2.20 bits per heavy atom. The molecule has 0 fully saturated rings. The van der Waals surface area contributed by atoms with E-state index in [0.29, 0.717) is 0 Å². The third-order valence-electron chi connectivity index (χ3n) is 2.42. The molecule has 15 heavy (non-hydrogen) atoms. The lowest BCUT2D eigenvalue weighted by Crippen LogP contribution is -2.30. The van der Waals surface area contributed by atoms with Crippen molar-refractivity contribution in [1.82, 2.24) is 14.7 Å². The van der Waals surface area contributed by atoms with Crippen LogP contribution in [0.4, 0.5) is 0 Å². The number of aromatic nitrogens is 2. The molecule has 0 aliphatic carbocycles. The van der Waals surface area contributed by atoms with Crippen molar-refractivity contribution < 1.29 is 0 Å². The Morgan fingerprint density at radius 1 is 1.33 bits per heavy atom. The molecule has 0 spiro atoms. The second-order valence-corrected chi connectivity index (χ2v) is 3.75. The van der Waals surface area contributed by atoms with Gasteiger partial charge in [0, 0.05) is 18.9 Å². The number of hydrogen-bond donors (Lipinski definition) is 1. The van der Waals surface area contributed by atoms with Crippen molar-refractivity contribution in [3.8, 4) is 0 Å². The van der Waals surface area contributed by atoms with Gasteiger partial charge in [0.25, 0.3) is 0 Å². The van der Waals surface area contributed by atoms with Crippen molar-refractivity contribution in [2.24, 2.45) is 5.73 Å². The standard InChI is InChI=1S/C11H22N4/c1-2-7-14(8-3-5-12)10-11-15-9-4-6-13-15/h4,6,9H,2-3,5,7-8,10-12H2,1H3. The van der Waals surface area contributed by atoms with Crippen LogP contribution < -0.4 is 5.73 Å². The number of hydrogen-bond acceptors (Lipinski definition) is 3. The summed E-state index contributed by atoms with van der Waals surface area (Å²) in [4.78, 5) is 2.45. The van der Waals surface area contributed by atoms with Crippen molar-refractivity contribution in [1.29, 1.82) is 0 Å². The topological polar surface area (TPSA) is 47.1 Å². The van der Waals surface area contributed by atoms with Gasteiger partial charge in [-0.05, 0) is 38.5 Å². The smallest absolute Gasteiger partial charge is 0.0536 e. The first kappa shape index (κ1) is 12.2. The van der Waals surface area contributed by atoms with Gasteiger partial charge in [0.05, 0.1) is 6.54 Å². The quantitative estimate of drug-likeness (QED) is 0.695. The van der Waals surface area contributed by atoms with Gasteiger partial charge in [0.1, 0.15) is 0 Å². The Hall–Kier alpha value is -0.870. The molecule has 0 aliphatic rings. The van der Waals surface area contributed by atoms with Crippen LogP contribution >= 0.6 is 0 Å². The molecule has 1 heterocycles. The molecule has 0 saturated heterocycles. The Labute approximate surface area is 92.1 Å². The Balaban J connectivity index is 2.24. The van der Waals surface area contributed by atoms with Crippen LogP contribution in [0.25, 0.3) is 0 Å². The number of nitrogens with zero attached hydrogens (tertiary/aromatic N) is 3. The monoisotopic (exact) mass is 210 g/mol. The number of nitrogens with two attached hydrogens (primary N) is 1. The molecular weight excluding hydrogens is 188 g/mol. The highest BCUT2D eigenvalue weighted by Gasteiger charge is 2.02. The maximum atomic E-state index is 5.52. The first-order valence-corrected chi connectivity index (χ1v) is 5.76. The fraction of sp³-hybridized carbons (Fsp3) is 0.727.